The molecule has 0 aliphatic heterocycles. The van der Waals surface area contributed by atoms with Crippen molar-refractivity contribution in [3.63, 3.8) is 0 Å². The SMILES string of the molecule is CCCCCCCCCCCCCCCC(CCCCCCCC(=O)O)OC(C)=O. The van der Waals surface area contributed by atoms with Gasteiger partial charge in [-0.1, -0.05) is 103 Å². The molecule has 0 heterocycles. The number of carboxylic acids is 1. The van der Waals surface area contributed by atoms with Crippen LogP contribution in [0, 0.1) is 0 Å². The predicted octanol–water partition coefficient (Wildman–Crippen LogP) is 8.21. The molecule has 0 fully saturated rings. The van der Waals surface area contributed by atoms with Gasteiger partial charge >= 0.3 is 11.9 Å². The topological polar surface area (TPSA) is 63.6 Å². The third kappa shape index (κ3) is 23.2. The molecule has 0 amide bonds. The summed E-state index contributed by atoms with van der Waals surface area (Å²) in [6.45, 7) is 3.77. The Labute approximate surface area is 186 Å². The normalized spacial score (nSPS) is 12.1. The van der Waals surface area contributed by atoms with E-state index in [1.54, 1.807) is 0 Å². The number of carbonyl (C=O) groups excluding carboxylic acids is 1. The first-order valence-electron chi connectivity index (χ1n) is 12.9. The zero-order valence-corrected chi connectivity index (χ0v) is 20.1. The van der Waals surface area contributed by atoms with Crippen LogP contribution >= 0.6 is 0 Å². The van der Waals surface area contributed by atoms with Crippen LogP contribution in [0.4, 0.5) is 0 Å². The van der Waals surface area contributed by atoms with Crippen molar-refractivity contribution in [2.24, 2.45) is 0 Å². The Morgan fingerprint density at radius 2 is 1.00 bits per heavy atom. The Hall–Kier alpha value is -1.06. The molecule has 0 aromatic heterocycles. The minimum absolute atomic E-state index is 0.0641. The number of rotatable bonds is 23. The highest BCUT2D eigenvalue weighted by Crippen LogP contribution is 2.17. The van der Waals surface area contributed by atoms with Crippen molar-refractivity contribution < 1.29 is 19.4 Å². The van der Waals surface area contributed by atoms with Gasteiger partial charge in [-0.3, -0.25) is 9.59 Å². The lowest BCUT2D eigenvalue weighted by Gasteiger charge is -2.17. The average molecular weight is 427 g/mol. The van der Waals surface area contributed by atoms with Gasteiger partial charge in [0.25, 0.3) is 0 Å². The molecule has 178 valence electrons. The Morgan fingerprint density at radius 1 is 0.633 bits per heavy atom. The molecule has 30 heavy (non-hydrogen) atoms. The third-order valence-electron chi connectivity index (χ3n) is 5.88. The second-order valence-electron chi connectivity index (χ2n) is 8.96. The quantitative estimate of drug-likeness (QED) is 0.132. The maximum Gasteiger partial charge on any atom is 0.303 e. The van der Waals surface area contributed by atoms with Crippen molar-refractivity contribution >= 4 is 11.9 Å². The van der Waals surface area contributed by atoms with Gasteiger partial charge in [0, 0.05) is 13.3 Å². The van der Waals surface area contributed by atoms with E-state index in [0.29, 0.717) is 0 Å². The maximum absolute atomic E-state index is 11.3. The van der Waals surface area contributed by atoms with Crippen LogP contribution in [0.15, 0.2) is 0 Å². The van der Waals surface area contributed by atoms with Gasteiger partial charge in [-0.05, 0) is 32.1 Å². The summed E-state index contributed by atoms with van der Waals surface area (Å²) >= 11 is 0. The van der Waals surface area contributed by atoms with Crippen LogP contribution in [-0.2, 0) is 14.3 Å². The molecule has 4 nitrogen and oxygen atoms in total. The molecule has 0 saturated heterocycles. The highest BCUT2D eigenvalue weighted by atomic mass is 16.5. The van der Waals surface area contributed by atoms with Crippen LogP contribution < -0.4 is 0 Å². The fourth-order valence-corrected chi connectivity index (χ4v) is 4.07. The first-order valence-corrected chi connectivity index (χ1v) is 12.9. The molecule has 0 radical (unpaired) electrons. The molecule has 1 atom stereocenters. The lowest BCUT2D eigenvalue weighted by atomic mass is 10.0. The summed E-state index contributed by atoms with van der Waals surface area (Å²) in [6.07, 6.45) is 24.8. The fraction of sp³-hybridized carbons (Fsp3) is 0.923. The Morgan fingerprint density at radius 3 is 1.37 bits per heavy atom. The predicted molar refractivity (Wildman–Crippen MR) is 126 cm³/mol. The van der Waals surface area contributed by atoms with Gasteiger partial charge < -0.3 is 9.84 Å². The van der Waals surface area contributed by atoms with E-state index in [4.69, 9.17) is 9.84 Å². The summed E-state index contributed by atoms with van der Waals surface area (Å²) in [7, 11) is 0. The minimum Gasteiger partial charge on any atom is -0.481 e. The van der Waals surface area contributed by atoms with Crippen molar-refractivity contribution in [3.8, 4) is 0 Å². The van der Waals surface area contributed by atoms with Crippen LogP contribution in [0.1, 0.15) is 149 Å². The molecule has 0 spiro atoms. The number of carboxylic acid groups (broad SMARTS) is 1. The van der Waals surface area contributed by atoms with Crippen molar-refractivity contribution in [1.29, 1.82) is 0 Å². The van der Waals surface area contributed by atoms with Crippen LogP contribution in [0.3, 0.4) is 0 Å². The zero-order valence-electron chi connectivity index (χ0n) is 20.1. The Bertz CT molecular complexity index is 394. The molecule has 0 aliphatic carbocycles. The number of aliphatic carboxylic acids is 1. The number of carbonyl (C=O) groups is 2. The minimum atomic E-state index is -0.706. The second-order valence-corrected chi connectivity index (χ2v) is 8.96. The Balaban J connectivity index is 3.55. The molecular weight excluding hydrogens is 376 g/mol. The van der Waals surface area contributed by atoms with Gasteiger partial charge in [-0.25, -0.2) is 0 Å². The number of hydrogen-bond acceptors (Lipinski definition) is 3. The molecule has 0 saturated carbocycles. The van der Waals surface area contributed by atoms with E-state index in [1.165, 1.54) is 84.0 Å². The molecule has 0 aromatic carbocycles. The van der Waals surface area contributed by atoms with E-state index in [2.05, 4.69) is 6.92 Å². The smallest absolute Gasteiger partial charge is 0.303 e. The lowest BCUT2D eigenvalue weighted by molar-refractivity contribution is -0.147. The third-order valence-corrected chi connectivity index (χ3v) is 5.88. The van der Waals surface area contributed by atoms with Gasteiger partial charge in [0.2, 0.25) is 0 Å². The van der Waals surface area contributed by atoms with Crippen molar-refractivity contribution in [3.05, 3.63) is 0 Å². The molecule has 0 rings (SSSR count). The van der Waals surface area contributed by atoms with Crippen LogP contribution in [0.5, 0.6) is 0 Å². The highest BCUT2D eigenvalue weighted by Gasteiger charge is 2.11. The van der Waals surface area contributed by atoms with E-state index in [-0.39, 0.29) is 18.5 Å². The molecular formula is C26H50O4. The molecule has 4 heteroatoms. The van der Waals surface area contributed by atoms with E-state index in [9.17, 15) is 9.59 Å². The molecule has 1 N–H and O–H groups in total. The first-order chi connectivity index (χ1) is 14.6. The molecule has 0 aromatic rings. The Kier molecular flexibility index (Phi) is 21.8. The number of hydrogen-bond donors (Lipinski definition) is 1. The van der Waals surface area contributed by atoms with E-state index in [1.807, 2.05) is 0 Å². The monoisotopic (exact) mass is 426 g/mol. The molecule has 0 bridgehead atoms. The highest BCUT2D eigenvalue weighted by molar-refractivity contribution is 5.66. The van der Waals surface area contributed by atoms with E-state index >= 15 is 0 Å². The van der Waals surface area contributed by atoms with Crippen LogP contribution in [0.2, 0.25) is 0 Å². The second kappa shape index (κ2) is 22.6. The van der Waals surface area contributed by atoms with Gasteiger partial charge in [0.15, 0.2) is 0 Å². The zero-order chi connectivity index (χ0) is 22.3. The number of ether oxygens (including phenoxy) is 1. The van der Waals surface area contributed by atoms with E-state index < -0.39 is 5.97 Å². The standard InChI is InChI=1S/C26H50O4/c1-3-4-5-6-7-8-9-10-11-12-13-15-18-21-25(30-24(2)27)22-19-16-14-17-20-23-26(28)29/h25H,3-23H2,1-2H3,(H,28,29). The molecule has 0 aliphatic rings. The summed E-state index contributed by atoms with van der Waals surface area (Å²) in [6, 6.07) is 0. The van der Waals surface area contributed by atoms with Gasteiger partial charge in [-0.2, -0.15) is 0 Å². The fourth-order valence-electron chi connectivity index (χ4n) is 4.07. The lowest BCUT2D eigenvalue weighted by Crippen LogP contribution is -2.16. The summed E-state index contributed by atoms with van der Waals surface area (Å²) < 4.78 is 5.50. The average Bonchev–Trinajstić information content (AvgIpc) is 2.69. The maximum atomic E-state index is 11.3. The van der Waals surface area contributed by atoms with Crippen LogP contribution in [-0.4, -0.2) is 23.1 Å². The molecule has 1 unspecified atom stereocenters. The van der Waals surface area contributed by atoms with Crippen molar-refractivity contribution in [2.45, 2.75) is 155 Å². The largest absolute Gasteiger partial charge is 0.481 e. The summed E-state index contributed by atoms with van der Waals surface area (Å²) in [5, 5.41) is 8.64. The summed E-state index contributed by atoms with van der Waals surface area (Å²) in [4.78, 5) is 21.8. The summed E-state index contributed by atoms with van der Waals surface area (Å²) in [5.74, 6) is -0.876. The number of esters is 1. The van der Waals surface area contributed by atoms with Crippen molar-refractivity contribution in [1.82, 2.24) is 0 Å². The van der Waals surface area contributed by atoms with E-state index in [0.717, 1.165) is 51.4 Å². The van der Waals surface area contributed by atoms with Gasteiger partial charge in [0.1, 0.15) is 6.10 Å². The van der Waals surface area contributed by atoms with Crippen LogP contribution in [0.25, 0.3) is 0 Å². The van der Waals surface area contributed by atoms with Crippen molar-refractivity contribution in [2.75, 3.05) is 0 Å². The van der Waals surface area contributed by atoms with Gasteiger partial charge in [-0.15, -0.1) is 0 Å². The number of unbranched alkanes of at least 4 members (excludes halogenated alkanes) is 16. The summed E-state index contributed by atoms with van der Waals surface area (Å²) in [5.41, 5.74) is 0. The first kappa shape index (κ1) is 28.9. The van der Waals surface area contributed by atoms with Gasteiger partial charge in [0.05, 0.1) is 0 Å².